The maximum absolute atomic E-state index is 12.0. The van der Waals surface area contributed by atoms with Crippen molar-refractivity contribution in [2.24, 2.45) is 0 Å². The minimum absolute atomic E-state index is 0.106. The molecule has 1 unspecified atom stereocenters. The van der Waals surface area contributed by atoms with Crippen LogP contribution in [0.2, 0.25) is 0 Å². The summed E-state index contributed by atoms with van der Waals surface area (Å²) in [5.74, 6) is -1.34. The number of anilines is 2. The van der Waals surface area contributed by atoms with E-state index in [0.717, 1.165) is 11.3 Å². The van der Waals surface area contributed by atoms with E-state index in [1.54, 1.807) is 24.3 Å². The van der Waals surface area contributed by atoms with Crippen LogP contribution in [0.25, 0.3) is 0 Å². The number of benzene rings is 2. The molecule has 128 valence electrons. The Morgan fingerprint density at radius 1 is 1.04 bits per heavy atom. The Kier molecular flexibility index (Phi) is 6.14. The molecule has 0 spiro atoms. The van der Waals surface area contributed by atoms with Crippen LogP contribution in [0.4, 0.5) is 24.5 Å². The molecule has 0 heterocycles. The van der Waals surface area contributed by atoms with Gasteiger partial charge in [0, 0.05) is 17.4 Å². The van der Waals surface area contributed by atoms with Gasteiger partial charge in [0.15, 0.2) is 0 Å². The molecule has 1 atom stereocenters. The number of rotatable bonds is 6. The quantitative estimate of drug-likeness (QED) is 0.763. The van der Waals surface area contributed by atoms with Gasteiger partial charge >= 0.3 is 5.51 Å². The van der Waals surface area contributed by atoms with Crippen LogP contribution in [-0.4, -0.2) is 17.2 Å². The van der Waals surface area contributed by atoms with Crippen LogP contribution >= 0.6 is 11.8 Å². The Morgan fingerprint density at radius 3 is 2.21 bits per heavy atom. The molecule has 0 aliphatic heterocycles. The fourth-order valence-electron chi connectivity index (χ4n) is 2.07. The standard InChI is InChI=1S/C17H17F3N2OS/c1-12(13-5-3-2-4-6-13)21-14-7-9-15(10-8-14)22-16(23)11-24-17(18,19)20/h2-10,12,21H,11H2,1H3,(H,22,23). The van der Waals surface area contributed by atoms with E-state index in [1.807, 2.05) is 37.3 Å². The number of thioether (sulfide) groups is 1. The molecule has 2 aromatic rings. The topological polar surface area (TPSA) is 41.1 Å². The molecule has 0 aromatic heterocycles. The smallest absolute Gasteiger partial charge is 0.379 e. The van der Waals surface area contributed by atoms with Gasteiger partial charge < -0.3 is 10.6 Å². The Balaban J connectivity index is 1.87. The first-order valence-corrected chi connectivity index (χ1v) is 8.24. The number of amides is 1. The summed E-state index contributed by atoms with van der Waals surface area (Å²) in [6.45, 7) is 2.03. The average molecular weight is 354 g/mol. The first-order chi connectivity index (χ1) is 11.3. The molecule has 0 saturated carbocycles. The third-order valence-corrected chi connectivity index (χ3v) is 3.95. The van der Waals surface area contributed by atoms with Crippen LogP contribution in [0.3, 0.4) is 0 Å². The van der Waals surface area contributed by atoms with Crippen molar-refractivity contribution in [2.45, 2.75) is 18.5 Å². The molecule has 2 aromatic carbocycles. The zero-order valence-electron chi connectivity index (χ0n) is 12.9. The maximum Gasteiger partial charge on any atom is 0.442 e. The largest absolute Gasteiger partial charge is 0.442 e. The summed E-state index contributed by atoms with van der Waals surface area (Å²) in [5, 5.41) is 5.76. The highest BCUT2D eigenvalue weighted by molar-refractivity contribution is 8.00. The number of carbonyl (C=O) groups is 1. The fraction of sp³-hybridized carbons (Fsp3) is 0.235. The van der Waals surface area contributed by atoms with Crippen molar-refractivity contribution in [1.82, 2.24) is 0 Å². The van der Waals surface area contributed by atoms with E-state index in [9.17, 15) is 18.0 Å². The zero-order chi connectivity index (χ0) is 17.6. The molecule has 2 N–H and O–H groups in total. The van der Waals surface area contributed by atoms with Crippen molar-refractivity contribution in [2.75, 3.05) is 16.4 Å². The van der Waals surface area contributed by atoms with E-state index in [0.29, 0.717) is 5.69 Å². The molecule has 7 heteroatoms. The van der Waals surface area contributed by atoms with Crippen LogP contribution < -0.4 is 10.6 Å². The van der Waals surface area contributed by atoms with Gasteiger partial charge in [0.2, 0.25) is 5.91 Å². The minimum atomic E-state index is -4.40. The molecular formula is C17H17F3N2OS. The molecular weight excluding hydrogens is 337 g/mol. The molecule has 0 bridgehead atoms. The first kappa shape index (κ1) is 18.2. The minimum Gasteiger partial charge on any atom is -0.379 e. The molecule has 0 aliphatic rings. The lowest BCUT2D eigenvalue weighted by molar-refractivity contribution is -0.114. The van der Waals surface area contributed by atoms with E-state index in [-0.39, 0.29) is 17.8 Å². The van der Waals surface area contributed by atoms with Crippen molar-refractivity contribution in [3.05, 3.63) is 60.2 Å². The van der Waals surface area contributed by atoms with Gasteiger partial charge in [-0.1, -0.05) is 30.3 Å². The molecule has 2 rings (SSSR count). The van der Waals surface area contributed by atoms with Crippen molar-refractivity contribution in [1.29, 1.82) is 0 Å². The highest BCUT2D eigenvalue weighted by Crippen LogP contribution is 2.30. The first-order valence-electron chi connectivity index (χ1n) is 7.25. The van der Waals surface area contributed by atoms with Crippen molar-refractivity contribution in [3.63, 3.8) is 0 Å². The van der Waals surface area contributed by atoms with Crippen LogP contribution in [0.5, 0.6) is 0 Å². The van der Waals surface area contributed by atoms with Crippen LogP contribution in [-0.2, 0) is 4.79 Å². The second-order valence-electron chi connectivity index (χ2n) is 5.14. The fourth-order valence-corrected chi connectivity index (χ4v) is 2.44. The molecule has 24 heavy (non-hydrogen) atoms. The number of alkyl halides is 3. The van der Waals surface area contributed by atoms with Gasteiger partial charge in [-0.25, -0.2) is 0 Å². The average Bonchev–Trinajstić information content (AvgIpc) is 2.55. The molecule has 1 amide bonds. The summed E-state index contributed by atoms with van der Waals surface area (Å²) in [5.41, 5.74) is -1.95. The van der Waals surface area contributed by atoms with Gasteiger partial charge in [0.25, 0.3) is 0 Å². The van der Waals surface area contributed by atoms with Gasteiger partial charge in [-0.05, 0) is 48.5 Å². The maximum atomic E-state index is 12.0. The summed E-state index contributed by atoms with van der Waals surface area (Å²) in [6.07, 6.45) is 0. The third-order valence-electron chi connectivity index (χ3n) is 3.22. The molecule has 0 radical (unpaired) electrons. The molecule has 3 nitrogen and oxygen atoms in total. The second-order valence-corrected chi connectivity index (χ2v) is 6.18. The monoisotopic (exact) mass is 354 g/mol. The van der Waals surface area contributed by atoms with Gasteiger partial charge in [0.1, 0.15) is 0 Å². The van der Waals surface area contributed by atoms with E-state index < -0.39 is 17.2 Å². The predicted molar refractivity (Wildman–Crippen MR) is 92.1 cm³/mol. The van der Waals surface area contributed by atoms with Gasteiger partial charge in [0.05, 0.1) is 5.75 Å². The second kappa shape index (κ2) is 8.10. The summed E-state index contributed by atoms with van der Waals surface area (Å²) in [7, 11) is 0. The van der Waals surface area contributed by atoms with Crippen LogP contribution in [0.1, 0.15) is 18.5 Å². The lowest BCUT2D eigenvalue weighted by Gasteiger charge is -2.16. The summed E-state index contributed by atoms with van der Waals surface area (Å²) >= 11 is -0.354. The number of nitrogens with one attached hydrogen (secondary N) is 2. The molecule has 0 fully saturated rings. The van der Waals surface area contributed by atoms with Crippen molar-refractivity contribution < 1.29 is 18.0 Å². The molecule has 0 aliphatic carbocycles. The summed E-state index contributed by atoms with van der Waals surface area (Å²) in [4.78, 5) is 11.5. The Labute approximate surface area is 142 Å². The SMILES string of the molecule is CC(Nc1ccc(NC(=O)CSC(F)(F)F)cc1)c1ccccc1. The summed E-state index contributed by atoms with van der Waals surface area (Å²) < 4.78 is 36.1. The number of carbonyl (C=O) groups excluding carboxylic acids is 1. The van der Waals surface area contributed by atoms with Crippen molar-refractivity contribution in [3.8, 4) is 0 Å². The number of halogens is 3. The van der Waals surface area contributed by atoms with Crippen LogP contribution in [0, 0.1) is 0 Å². The Bertz CT molecular complexity index is 660. The number of hydrogen-bond donors (Lipinski definition) is 2. The van der Waals surface area contributed by atoms with E-state index in [1.165, 1.54) is 0 Å². The normalized spacial score (nSPS) is 12.5. The van der Waals surface area contributed by atoms with E-state index in [2.05, 4.69) is 10.6 Å². The van der Waals surface area contributed by atoms with Crippen LogP contribution in [0.15, 0.2) is 54.6 Å². The van der Waals surface area contributed by atoms with Gasteiger partial charge in [-0.2, -0.15) is 13.2 Å². The third kappa shape index (κ3) is 6.16. The number of hydrogen-bond acceptors (Lipinski definition) is 3. The highest BCUT2D eigenvalue weighted by Gasteiger charge is 2.29. The predicted octanol–water partition coefficient (Wildman–Crippen LogP) is 5.05. The molecule has 0 saturated heterocycles. The highest BCUT2D eigenvalue weighted by atomic mass is 32.2. The zero-order valence-corrected chi connectivity index (χ0v) is 13.7. The summed E-state index contributed by atoms with van der Waals surface area (Å²) in [6, 6.07) is 16.9. The lowest BCUT2D eigenvalue weighted by atomic mass is 10.1. The lowest BCUT2D eigenvalue weighted by Crippen LogP contribution is -2.17. The van der Waals surface area contributed by atoms with Gasteiger partial charge in [-0.3, -0.25) is 4.79 Å². The Morgan fingerprint density at radius 2 is 1.62 bits per heavy atom. The van der Waals surface area contributed by atoms with Crippen molar-refractivity contribution >= 4 is 29.0 Å². The Hall–Kier alpha value is -2.15. The van der Waals surface area contributed by atoms with E-state index in [4.69, 9.17) is 0 Å². The van der Waals surface area contributed by atoms with Gasteiger partial charge in [-0.15, -0.1) is 0 Å². The van der Waals surface area contributed by atoms with E-state index >= 15 is 0 Å².